The molecule has 0 unspecified atom stereocenters. The highest BCUT2D eigenvalue weighted by atomic mass is 32.1. The number of aromatic nitrogens is 2. The van der Waals surface area contributed by atoms with Gasteiger partial charge in [-0.25, -0.2) is 9.97 Å². The molecule has 4 heterocycles. The second-order valence-corrected chi connectivity index (χ2v) is 8.24. The third-order valence-electron chi connectivity index (χ3n) is 5.52. The molecular weight excluding hydrogens is 332 g/mol. The summed E-state index contributed by atoms with van der Waals surface area (Å²) in [6, 6.07) is 2.24. The lowest BCUT2D eigenvalue weighted by molar-refractivity contribution is -0.137. The highest BCUT2D eigenvalue weighted by molar-refractivity contribution is 7.18. The minimum absolute atomic E-state index is 0.195. The van der Waals surface area contributed by atoms with E-state index in [9.17, 15) is 4.79 Å². The van der Waals surface area contributed by atoms with E-state index in [1.54, 1.807) is 17.7 Å². The zero-order chi connectivity index (χ0) is 17.2. The number of likely N-dealkylation sites (tertiary alicyclic amines) is 1. The normalized spacial score (nSPS) is 19.6. The lowest BCUT2D eigenvalue weighted by atomic mass is 9.94. The van der Waals surface area contributed by atoms with Gasteiger partial charge in [0.15, 0.2) is 0 Å². The Morgan fingerprint density at radius 3 is 2.64 bits per heavy atom. The summed E-state index contributed by atoms with van der Waals surface area (Å²) in [4.78, 5) is 28.6. The summed E-state index contributed by atoms with van der Waals surface area (Å²) >= 11 is 1.76. The molecule has 1 amide bonds. The first kappa shape index (κ1) is 16.8. The fraction of sp³-hybridized carbons (Fsp3) is 0.632. The molecule has 6 heteroatoms. The number of amides is 1. The number of fused-ring (bicyclic) bond motifs is 1. The molecule has 0 N–H and O–H groups in total. The number of piperidine rings is 2. The van der Waals surface area contributed by atoms with Crippen molar-refractivity contribution in [1.29, 1.82) is 0 Å². The lowest BCUT2D eigenvalue weighted by Gasteiger charge is -2.36. The number of nitrogens with zero attached hydrogens (tertiary/aromatic N) is 4. The number of hydrogen-bond acceptors (Lipinski definition) is 5. The molecule has 2 aliphatic rings. The van der Waals surface area contributed by atoms with Crippen molar-refractivity contribution in [3.63, 3.8) is 0 Å². The first-order chi connectivity index (χ1) is 12.3. The molecule has 2 aliphatic heterocycles. The molecule has 0 aromatic carbocycles. The minimum atomic E-state index is 0.195. The largest absolute Gasteiger partial charge is 0.356 e. The molecule has 0 atom stereocenters. The van der Waals surface area contributed by atoms with Gasteiger partial charge < -0.3 is 9.80 Å². The van der Waals surface area contributed by atoms with E-state index in [-0.39, 0.29) is 5.92 Å². The summed E-state index contributed by atoms with van der Waals surface area (Å²) in [5.74, 6) is 1.63. The maximum Gasteiger partial charge on any atom is 0.225 e. The van der Waals surface area contributed by atoms with Gasteiger partial charge in [0.2, 0.25) is 5.91 Å². The van der Waals surface area contributed by atoms with E-state index in [0.29, 0.717) is 5.91 Å². The molecule has 0 spiro atoms. The summed E-state index contributed by atoms with van der Waals surface area (Å²) in [5.41, 5.74) is 0. The van der Waals surface area contributed by atoms with E-state index in [1.165, 1.54) is 29.5 Å². The summed E-state index contributed by atoms with van der Waals surface area (Å²) < 4.78 is 0. The van der Waals surface area contributed by atoms with Gasteiger partial charge in [0.25, 0.3) is 0 Å². The van der Waals surface area contributed by atoms with Crippen molar-refractivity contribution in [2.45, 2.75) is 45.4 Å². The Balaban J connectivity index is 1.45. The Bertz CT molecular complexity index is 745. The van der Waals surface area contributed by atoms with E-state index in [4.69, 9.17) is 0 Å². The van der Waals surface area contributed by atoms with Gasteiger partial charge in [0.1, 0.15) is 17.0 Å². The summed E-state index contributed by atoms with van der Waals surface area (Å²) in [6.45, 7) is 5.91. The number of aryl methyl sites for hydroxylation is 1. The van der Waals surface area contributed by atoms with Crippen molar-refractivity contribution in [2.24, 2.45) is 5.92 Å². The Labute approximate surface area is 153 Å². The second kappa shape index (κ2) is 7.28. The fourth-order valence-corrected chi connectivity index (χ4v) is 4.96. The van der Waals surface area contributed by atoms with Crippen LogP contribution in [0.5, 0.6) is 0 Å². The highest BCUT2D eigenvalue weighted by Gasteiger charge is 2.30. The van der Waals surface area contributed by atoms with Gasteiger partial charge in [-0.1, -0.05) is 6.92 Å². The van der Waals surface area contributed by atoms with Crippen molar-refractivity contribution in [2.75, 3.05) is 31.1 Å². The molecule has 4 rings (SSSR count). The van der Waals surface area contributed by atoms with E-state index in [1.807, 2.05) is 0 Å². The molecule has 2 aromatic heterocycles. The number of carbonyl (C=O) groups is 1. The number of rotatable bonds is 3. The Morgan fingerprint density at radius 1 is 1.16 bits per heavy atom. The zero-order valence-corrected chi connectivity index (χ0v) is 15.7. The molecule has 0 aliphatic carbocycles. The highest BCUT2D eigenvalue weighted by Crippen LogP contribution is 2.33. The molecule has 5 nitrogen and oxygen atoms in total. The smallest absolute Gasteiger partial charge is 0.225 e. The van der Waals surface area contributed by atoms with Crippen LogP contribution in [0.3, 0.4) is 0 Å². The zero-order valence-electron chi connectivity index (χ0n) is 14.9. The quantitative estimate of drug-likeness (QED) is 0.843. The summed E-state index contributed by atoms with van der Waals surface area (Å²) in [5, 5.41) is 1.17. The summed E-state index contributed by atoms with van der Waals surface area (Å²) in [6.07, 6.45) is 8.19. The van der Waals surface area contributed by atoms with Crippen LogP contribution in [0, 0.1) is 5.92 Å². The molecule has 2 saturated heterocycles. The van der Waals surface area contributed by atoms with Gasteiger partial charge in [0, 0.05) is 37.0 Å². The number of thiophene rings is 1. The van der Waals surface area contributed by atoms with Crippen LogP contribution < -0.4 is 4.90 Å². The van der Waals surface area contributed by atoms with Crippen LogP contribution in [-0.2, 0) is 11.2 Å². The van der Waals surface area contributed by atoms with Crippen molar-refractivity contribution in [3.8, 4) is 0 Å². The van der Waals surface area contributed by atoms with Crippen molar-refractivity contribution >= 4 is 33.3 Å². The SMILES string of the molecule is CCc1cc2c(N3CCC(C(=O)N4CCCCC4)CC3)ncnc2s1. The van der Waals surface area contributed by atoms with Crippen LogP contribution >= 0.6 is 11.3 Å². The molecule has 0 bridgehead atoms. The number of anilines is 1. The number of carbonyl (C=O) groups excluding carboxylic acids is 1. The first-order valence-corrected chi connectivity index (χ1v) is 10.3. The van der Waals surface area contributed by atoms with Crippen LogP contribution in [0.1, 0.15) is 43.9 Å². The van der Waals surface area contributed by atoms with Crippen LogP contribution in [0.15, 0.2) is 12.4 Å². The molecule has 0 saturated carbocycles. The third kappa shape index (κ3) is 3.36. The Morgan fingerprint density at radius 2 is 1.92 bits per heavy atom. The van der Waals surface area contributed by atoms with E-state index < -0.39 is 0 Å². The van der Waals surface area contributed by atoms with Gasteiger partial charge in [-0.15, -0.1) is 11.3 Å². The average molecular weight is 359 g/mol. The predicted octanol–water partition coefficient (Wildman–Crippen LogP) is 3.48. The molecule has 2 aromatic rings. The van der Waals surface area contributed by atoms with Crippen molar-refractivity contribution in [1.82, 2.24) is 14.9 Å². The lowest BCUT2D eigenvalue weighted by Crippen LogP contribution is -2.44. The minimum Gasteiger partial charge on any atom is -0.356 e. The average Bonchev–Trinajstić information content (AvgIpc) is 3.12. The fourth-order valence-electron chi connectivity index (χ4n) is 4.03. The van der Waals surface area contributed by atoms with Crippen LogP contribution in [-0.4, -0.2) is 47.0 Å². The Kier molecular flexibility index (Phi) is 4.88. The van der Waals surface area contributed by atoms with Crippen molar-refractivity contribution in [3.05, 3.63) is 17.3 Å². The predicted molar refractivity (Wildman–Crippen MR) is 102 cm³/mol. The van der Waals surface area contributed by atoms with E-state index >= 15 is 0 Å². The third-order valence-corrected chi connectivity index (χ3v) is 6.71. The van der Waals surface area contributed by atoms with Gasteiger partial charge in [-0.05, 0) is 44.6 Å². The van der Waals surface area contributed by atoms with Crippen LogP contribution in [0.25, 0.3) is 10.2 Å². The molecule has 25 heavy (non-hydrogen) atoms. The number of hydrogen-bond donors (Lipinski definition) is 0. The van der Waals surface area contributed by atoms with E-state index in [2.05, 4.69) is 32.8 Å². The van der Waals surface area contributed by atoms with Gasteiger partial charge in [0.05, 0.1) is 5.39 Å². The molecule has 2 fully saturated rings. The standard InChI is InChI=1S/C19H26N4OS/c1-2-15-12-16-17(20-13-21-18(16)25-15)22-10-6-14(7-11-22)19(24)23-8-4-3-5-9-23/h12-14H,2-11H2,1H3. The summed E-state index contributed by atoms with van der Waals surface area (Å²) in [7, 11) is 0. The van der Waals surface area contributed by atoms with Crippen molar-refractivity contribution < 1.29 is 4.79 Å². The van der Waals surface area contributed by atoms with Crippen LogP contribution in [0.2, 0.25) is 0 Å². The Hall–Kier alpha value is -1.69. The molecule has 134 valence electrons. The van der Waals surface area contributed by atoms with Gasteiger partial charge in [-0.3, -0.25) is 4.79 Å². The maximum atomic E-state index is 12.7. The maximum absolute atomic E-state index is 12.7. The monoisotopic (exact) mass is 358 g/mol. The van der Waals surface area contributed by atoms with Crippen LogP contribution in [0.4, 0.5) is 5.82 Å². The topological polar surface area (TPSA) is 49.3 Å². The van der Waals surface area contributed by atoms with Gasteiger partial charge in [-0.2, -0.15) is 0 Å². The second-order valence-electron chi connectivity index (χ2n) is 7.13. The first-order valence-electron chi connectivity index (χ1n) is 9.53. The van der Waals surface area contributed by atoms with Gasteiger partial charge >= 0.3 is 0 Å². The molecular formula is C19H26N4OS. The van der Waals surface area contributed by atoms with E-state index in [0.717, 1.165) is 56.1 Å². The molecule has 0 radical (unpaired) electrons.